The van der Waals surface area contributed by atoms with E-state index in [2.05, 4.69) is 5.32 Å². The molecule has 17 heavy (non-hydrogen) atoms. The van der Waals surface area contributed by atoms with Gasteiger partial charge in [0, 0.05) is 19.1 Å². The van der Waals surface area contributed by atoms with Crippen molar-refractivity contribution in [3.63, 3.8) is 0 Å². The number of rotatable bonds is 7. The molecule has 3 N–H and O–H groups in total. The number of hydrogen-bond acceptors (Lipinski definition) is 3. The summed E-state index contributed by atoms with van der Waals surface area (Å²) >= 11 is 0. The first kappa shape index (κ1) is 12.8. The molecule has 0 heterocycles. The summed E-state index contributed by atoms with van der Waals surface area (Å²) in [5.74, 6) is 1.50. The second-order valence-electron chi connectivity index (χ2n) is 5.34. The van der Waals surface area contributed by atoms with Gasteiger partial charge < -0.3 is 15.8 Å². The van der Waals surface area contributed by atoms with Crippen molar-refractivity contribution in [3.8, 4) is 0 Å². The minimum Gasteiger partial charge on any atom is -0.379 e. The Bertz CT molecular complexity index is 254. The van der Waals surface area contributed by atoms with Crippen molar-refractivity contribution in [2.75, 3.05) is 26.3 Å². The summed E-state index contributed by atoms with van der Waals surface area (Å²) in [5.41, 5.74) is 5.67. The van der Waals surface area contributed by atoms with Crippen molar-refractivity contribution in [1.82, 2.24) is 5.32 Å². The first-order chi connectivity index (χ1) is 8.31. The van der Waals surface area contributed by atoms with Crippen molar-refractivity contribution in [1.29, 1.82) is 0 Å². The van der Waals surface area contributed by atoms with Gasteiger partial charge in [-0.2, -0.15) is 0 Å². The van der Waals surface area contributed by atoms with Gasteiger partial charge in [-0.15, -0.1) is 0 Å². The minimum absolute atomic E-state index is 0.142. The molecule has 2 atom stereocenters. The van der Waals surface area contributed by atoms with Crippen molar-refractivity contribution in [2.45, 2.75) is 32.1 Å². The average Bonchev–Trinajstić information content (AvgIpc) is 3.03. The summed E-state index contributed by atoms with van der Waals surface area (Å²) < 4.78 is 5.48. The first-order valence-corrected chi connectivity index (χ1v) is 6.86. The lowest BCUT2D eigenvalue weighted by Gasteiger charge is -2.17. The SMILES string of the molecule is NCC1CCCC1C(=O)NCCOCC1CC1. The van der Waals surface area contributed by atoms with E-state index in [-0.39, 0.29) is 11.8 Å². The molecule has 2 aliphatic carbocycles. The molecule has 0 spiro atoms. The fourth-order valence-electron chi connectivity index (χ4n) is 2.58. The standard InChI is InChI=1S/C13H24N2O2/c14-8-11-2-1-3-12(11)13(16)15-6-7-17-9-10-4-5-10/h10-12H,1-9,14H2,(H,15,16). The van der Waals surface area contributed by atoms with Crippen molar-refractivity contribution in [3.05, 3.63) is 0 Å². The largest absolute Gasteiger partial charge is 0.379 e. The van der Waals surface area contributed by atoms with Gasteiger partial charge in [0.2, 0.25) is 5.91 Å². The van der Waals surface area contributed by atoms with Crippen LogP contribution in [0.3, 0.4) is 0 Å². The highest BCUT2D eigenvalue weighted by Crippen LogP contribution is 2.31. The van der Waals surface area contributed by atoms with Crippen LogP contribution < -0.4 is 11.1 Å². The van der Waals surface area contributed by atoms with Crippen LogP contribution in [-0.2, 0) is 9.53 Å². The second-order valence-corrected chi connectivity index (χ2v) is 5.34. The van der Waals surface area contributed by atoms with E-state index >= 15 is 0 Å². The zero-order valence-corrected chi connectivity index (χ0v) is 10.5. The number of hydrogen-bond donors (Lipinski definition) is 2. The monoisotopic (exact) mass is 240 g/mol. The maximum Gasteiger partial charge on any atom is 0.223 e. The predicted octanol–water partition coefficient (Wildman–Crippen LogP) is 0.904. The molecule has 98 valence electrons. The molecule has 4 nitrogen and oxygen atoms in total. The van der Waals surface area contributed by atoms with E-state index in [1.165, 1.54) is 12.8 Å². The normalized spacial score (nSPS) is 28.3. The molecular weight excluding hydrogens is 216 g/mol. The summed E-state index contributed by atoms with van der Waals surface area (Å²) in [6.45, 7) is 2.78. The van der Waals surface area contributed by atoms with Crippen molar-refractivity contribution < 1.29 is 9.53 Å². The van der Waals surface area contributed by atoms with E-state index in [4.69, 9.17) is 10.5 Å². The van der Waals surface area contributed by atoms with Gasteiger partial charge in [-0.25, -0.2) is 0 Å². The highest BCUT2D eigenvalue weighted by molar-refractivity contribution is 5.79. The summed E-state index contributed by atoms with van der Waals surface area (Å²) in [6, 6.07) is 0. The Hall–Kier alpha value is -0.610. The van der Waals surface area contributed by atoms with Crippen LogP contribution in [0, 0.1) is 17.8 Å². The molecule has 2 unspecified atom stereocenters. The van der Waals surface area contributed by atoms with Crippen molar-refractivity contribution in [2.24, 2.45) is 23.5 Å². The smallest absolute Gasteiger partial charge is 0.223 e. The van der Waals surface area contributed by atoms with Crippen LogP contribution in [0.2, 0.25) is 0 Å². The van der Waals surface area contributed by atoms with Gasteiger partial charge in [-0.3, -0.25) is 4.79 Å². The van der Waals surface area contributed by atoms with Gasteiger partial charge in [0.1, 0.15) is 0 Å². The molecule has 2 fully saturated rings. The summed E-state index contributed by atoms with van der Waals surface area (Å²) in [6.07, 6.45) is 5.86. The van der Waals surface area contributed by atoms with Gasteiger partial charge in [0.05, 0.1) is 6.61 Å². The molecule has 0 bridgehead atoms. The van der Waals surface area contributed by atoms with Crippen LogP contribution in [0.1, 0.15) is 32.1 Å². The number of carbonyl (C=O) groups excluding carboxylic acids is 1. The third-order valence-corrected chi connectivity index (χ3v) is 3.89. The van der Waals surface area contributed by atoms with E-state index in [1.54, 1.807) is 0 Å². The van der Waals surface area contributed by atoms with Crippen LogP contribution in [0.15, 0.2) is 0 Å². The Balaban J connectivity index is 1.56. The lowest BCUT2D eigenvalue weighted by atomic mass is 9.95. The molecule has 0 aliphatic heterocycles. The number of amides is 1. The number of nitrogens with two attached hydrogens (primary N) is 1. The van der Waals surface area contributed by atoms with E-state index in [1.807, 2.05) is 0 Å². The summed E-state index contributed by atoms with van der Waals surface area (Å²) in [7, 11) is 0. The predicted molar refractivity (Wildman–Crippen MR) is 66.4 cm³/mol. The van der Waals surface area contributed by atoms with Crippen LogP contribution in [-0.4, -0.2) is 32.2 Å². The zero-order valence-electron chi connectivity index (χ0n) is 10.5. The molecule has 4 heteroatoms. The minimum atomic E-state index is 0.142. The van der Waals surface area contributed by atoms with E-state index in [9.17, 15) is 4.79 Å². The molecule has 0 saturated heterocycles. The van der Waals surface area contributed by atoms with Crippen LogP contribution in [0.25, 0.3) is 0 Å². The summed E-state index contributed by atoms with van der Waals surface area (Å²) in [5, 5.41) is 2.96. The third-order valence-electron chi connectivity index (χ3n) is 3.89. The molecular formula is C13H24N2O2. The number of carbonyl (C=O) groups is 1. The fourth-order valence-corrected chi connectivity index (χ4v) is 2.58. The molecule has 0 aromatic rings. The second kappa shape index (κ2) is 6.36. The molecule has 2 aliphatic rings. The highest BCUT2D eigenvalue weighted by Gasteiger charge is 2.31. The lowest BCUT2D eigenvalue weighted by molar-refractivity contribution is -0.126. The van der Waals surface area contributed by atoms with Crippen molar-refractivity contribution >= 4 is 5.91 Å². The van der Waals surface area contributed by atoms with Crippen LogP contribution in [0.5, 0.6) is 0 Å². The van der Waals surface area contributed by atoms with Crippen LogP contribution >= 0.6 is 0 Å². The maximum absolute atomic E-state index is 11.9. The number of nitrogens with one attached hydrogen (secondary N) is 1. The van der Waals surface area contributed by atoms with Gasteiger partial charge in [0.15, 0.2) is 0 Å². The molecule has 2 saturated carbocycles. The van der Waals surface area contributed by atoms with Gasteiger partial charge in [-0.05, 0) is 44.1 Å². The van der Waals surface area contributed by atoms with E-state index in [0.29, 0.717) is 25.6 Å². The zero-order chi connectivity index (χ0) is 12.1. The maximum atomic E-state index is 11.9. The summed E-state index contributed by atoms with van der Waals surface area (Å²) in [4.78, 5) is 11.9. The van der Waals surface area contributed by atoms with Gasteiger partial charge >= 0.3 is 0 Å². The molecule has 0 radical (unpaired) electrons. The Morgan fingerprint density at radius 3 is 2.82 bits per heavy atom. The van der Waals surface area contributed by atoms with Crippen LogP contribution in [0.4, 0.5) is 0 Å². The van der Waals surface area contributed by atoms with E-state index in [0.717, 1.165) is 31.8 Å². The quantitative estimate of drug-likeness (QED) is 0.650. The lowest BCUT2D eigenvalue weighted by Crippen LogP contribution is -2.36. The third kappa shape index (κ3) is 3.96. The van der Waals surface area contributed by atoms with Gasteiger partial charge in [-0.1, -0.05) is 6.42 Å². The van der Waals surface area contributed by atoms with E-state index < -0.39 is 0 Å². The molecule has 0 aromatic carbocycles. The Kier molecular flexibility index (Phi) is 4.80. The average molecular weight is 240 g/mol. The Morgan fingerprint density at radius 1 is 1.29 bits per heavy atom. The highest BCUT2D eigenvalue weighted by atomic mass is 16.5. The molecule has 0 aromatic heterocycles. The first-order valence-electron chi connectivity index (χ1n) is 6.86. The fraction of sp³-hybridized carbons (Fsp3) is 0.923. The molecule has 2 rings (SSSR count). The number of ether oxygens (including phenoxy) is 1. The topological polar surface area (TPSA) is 64.4 Å². The Labute approximate surface area is 103 Å². The molecule has 1 amide bonds. The Morgan fingerprint density at radius 2 is 2.12 bits per heavy atom. The van der Waals surface area contributed by atoms with Gasteiger partial charge in [0.25, 0.3) is 0 Å².